The minimum absolute atomic E-state index is 0.374. The van der Waals surface area contributed by atoms with Gasteiger partial charge in [0.05, 0.1) is 6.42 Å². The lowest BCUT2D eigenvalue weighted by Crippen LogP contribution is -2.52. The predicted molar refractivity (Wildman–Crippen MR) is 71.9 cm³/mol. The van der Waals surface area contributed by atoms with Crippen LogP contribution >= 0.6 is 11.8 Å². The van der Waals surface area contributed by atoms with Gasteiger partial charge in [0.25, 0.3) is 0 Å². The van der Waals surface area contributed by atoms with Crippen LogP contribution in [0.25, 0.3) is 0 Å². The third-order valence-corrected chi connectivity index (χ3v) is 4.25. The van der Waals surface area contributed by atoms with E-state index in [-0.39, 0.29) is 0 Å². The van der Waals surface area contributed by atoms with Crippen LogP contribution in [0.3, 0.4) is 0 Å². The molecule has 108 valence electrons. The Kier molecular flexibility index (Phi) is 5.94. The van der Waals surface area contributed by atoms with Crippen molar-refractivity contribution >= 4 is 29.7 Å². The summed E-state index contributed by atoms with van der Waals surface area (Å²) < 4.78 is 0. The summed E-state index contributed by atoms with van der Waals surface area (Å²) in [5, 5.41) is 11.6. The smallest absolute Gasteiger partial charge is 0.326 e. The standard InChI is InChI=1S/C11H19N3O4S/c1-2-7-6-14(3-4-19-7)11(18)13-8(10(16)17)5-9(12)15/h7-8H,2-6H2,1H3,(H2,12,15)(H,13,18)(H,16,17)/t7?,8-/m0/s1. The Morgan fingerprint density at radius 1 is 1.53 bits per heavy atom. The number of amides is 3. The minimum atomic E-state index is -1.26. The van der Waals surface area contributed by atoms with E-state index in [1.807, 2.05) is 18.7 Å². The fraction of sp³-hybridized carbons (Fsp3) is 0.727. The SMILES string of the molecule is CCC1CN(C(=O)N[C@@H](CC(N)=O)C(=O)O)CCS1. The van der Waals surface area contributed by atoms with Gasteiger partial charge in [0.2, 0.25) is 5.91 Å². The molecule has 1 aliphatic rings. The third-order valence-electron chi connectivity index (χ3n) is 2.88. The highest BCUT2D eigenvalue weighted by Crippen LogP contribution is 2.21. The van der Waals surface area contributed by atoms with Gasteiger partial charge in [-0.15, -0.1) is 0 Å². The summed E-state index contributed by atoms with van der Waals surface area (Å²) in [6, 6.07) is -1.72. The minimum Gasteiger partial charge on any atom is -0.480 e. The van der Waals surface area contributed by atoms with Gasteiger partial charge in [-0.25, -0.2) is 9.59 Å². The van der Waals surface area contributed by atoms with Crippen LogP contribution in [0.4, 0.5) is 4.79 Å². The number of thioether (sulfide) groups is 1. The van der Waals surface area contributed by atoms with Crippen molar-refractivity contribution in [2.24, 2.45) is 5.73 Å². The normalized spacial score (nSPS) is 20.7. The highest BCUT2D eigenvalue weighted by Gasteiger charge is 2.27. The van der Waals surface area contributed by atoms with Gasteiger partial charge in [-0.1, -0.05) is 6.92 Å². The Hall–Kier alpha value is -1.44. The zero-order valence-electron chi connectivity index (χ0n) is 10.8. The number of carboxylic acids is 1. The largest absolute Gasteiger partial charge is 0.480 e. The highest BCUT2D eigenvalue weighted by molar-refractivity contribution is 8.00. The number of rotatable bonds is 5. The number of carboxylic acid groups (broad SMARTS) is 1. The van der Waals surface area contributed by atoms with Gasteiger partial charge in [0.1, 0.15) is 6.04 Å². The van der Waals surface area contributed by atoms with E-state index in [0.717, 1.165) is 12.2 Å². The van der Waals surface area contributed by atoms with Gasteiger partial charge in [-0.3, -0.25) is 4.79 Å². The fourth-order valence-electron chi connectivity index (χ4n) is 1.79. The molecule has 0 saturated carbocycles. The quantitative estimate of drug-likeness (QED) is 0.651. The molecule has 4 N–H and O–H groups in total. The molecule has 1 rings (SSSR count). The molecule has 0 aromatic rings. The van der Waals surface area contributed by atoms with Gasteiger partial charge in [0, 0.05) is 24.1 Å². The molecule has 1 fully saturated rings. The molecule has 1 aliphatic heterocycles. The number of nitrogens with zero attached hydrogens (tertiary/aromatic N) is 1. The maximum absolute atomic E-state index is 11.9. The monoisotopic (exact) mass is 289 g/mol. The van der Waals surface area contributed by atoms with E-state index in [1.165, 1.54) is 0 Å². The molecule has 0 aliphatic carbocycles. The number of urea groups is 1. The molecule has 0 aromatic carbocycles. The average molecular weight is 289 g/mol. The van der Waals surface area contributed by atoms with Crippen LogP contribution in [0.5, 0.6) is 0 Å². The van der Waals surface area contributed by atoms with E-state index in [4.69, 9.17) is 10.8 Å². The van der Waals surface area contributed by atoms with Crippen LogP contribution < -0.4 is 11.1 Å². The fourth-order valence-corrected chi connectivity index (χ4v) is 2.97. The Bertz CT molecular complexity index is 364. The summed E-state index contributed by atoms with van der Waals surface area (Å²) in [4.78, 5) is 35.2. The highest BCUT2D eigenvalue weighted by atomic mass is 32.2. The summed E-state index contributed by atoms with van der Waals surface area (Å²) in [6.45, 7) is 3.22. The Morgan fingerprint density at radius 2 is 2.21 bits per heavy atom. The zero-order chi connectivity index (χ0) is 14.4. The first-order valence-electron chi connectivity index (χ1n) is 6.12. The maximum atomic E-state index is 11.9. The number of nitrogens with two attached hydrogens (primary N) is 1. The Balaban J connectivity index is 2.56. The van der Waals surface area contributed by atoms with Crippen molar-refractivity contribution in [1.29, 1.82) is 0 Å². The maximum Gasteiger partial charge on any atom is 0.326 e. The van der Waals surface area contributed by atoms with Gasteiger partial charge in [-0.2, -0.15) is 11.8 Å². The molecule has 0 aromatic heterocycles. The molecular formula is C11H19N3O4S. The van der Waals surface area contributed by atoms with Crippen LogP contribution in [-0.4, -0.2) is 58.0 Å². The van der Waals surface area contributed by atoms with Crippen LogP contribution in [0.2, 0.25) is 0 Å². The zero-order valence-corrected chi connectivity index (χ0v) is 11.6. The molecular weight excluding hydrogens is 270 g/mol. The third kappa shape index (κ3) is 4.98. The van der Waals surface area contributed by atoms with E-state index in [0.29, 0.717) is 18.3 Å². The molecule has 2 atom stereocenters. The van der Waals surface area contributed by atoms with Crippen molar-refractivity contribution in [1.82, 2.24) is 10.2 Å². The van der Waals surface area contributed by atoms with Crippen LogP contribution in [0.1, 0.15) is 19.8 Å². The second kappa shape index (κ2) is 7.22. The van der Waals surface area contributed by atoms with Crippen molar-refractivity contribution in [3.8, 4) is 0 Å². The first-order valence-corrected chi connectivity index (χ1v) is 7.17. The summed E-state index contributed by atoms with van der Waals surface area (Å²) in [7, 11) is 0. The van der Waals surface area contributed by atoms with Gasteiger partial charge in [-0.05, 0) is 6.42 Å². The van der Waals surface area contributed by atoms with E-state index in [2.05, 4.69) is 5.32 Å². The van der Waals surface area contributed by atoms with Crippen LogP contribution in [-0.2, 0) is 9.59 Å². The number of carbonyl (C=O) groups is 3. The van der Waals surface area contributed by atoms with Crippen LogP contribution in [0.15, 0.2) is 0 Å². The molecule has 0 spiro atoms. The van der Waals surface area contributed by atoms with Crippen molar-refractivity contribution in [3.05, 3.63) is 0 Å². The summed E-state index contributed by atoms with van der Waals surface area (Å²) in [6.07, 6.45) is 0.555. The summed E-state index contributed by atoms with van der Waals surface area (Å²) in [5.41, 5.74) is 4.96. The Labute approximate surface area is 115 Å². The molecule has 1 unspecified atom stereocenters. The van der Waals surface area contributed by atoms with Crippen LogP contribution in [0, 0.1) is 0 Å². The van der Waals surface area contributed by atoms with Crippen molar-refractivity contribution in [3.63, 3.8) is 0 Å². The number of aliphatic carboxylic acids is 1. The molecule has 8 heteroatoms. The number of carbonyl (C=O) groups excluding carboxylic acids is 2. The number of hydrogen-bond acceptors (Lipinski definition) is 4. The number of nitrogens with one attached hydrogen (secondary N) is 1. The van der Waals surface area contributed by atoms with Gasteiger partial charge >= 0.3 is 12.0 Å². The molecule has 1 heterocycles. The summed E-state index contributed by atoms with van der Waals surface area (Å²) in [5.74, 6) is -1.18. The topological polar surface area (TPSA) is 113 Å². The van der Waals surface area contributed by atoms with Gasteiger partial charge < -0.3 is 21.1 Å². The average Bonchev–Trinajstić information content (AvgIpc) is 2.37. The van der Waals surface area contributed by atoms with E-state index in [1.54, 1.807) is 4.90 Å². The Morgan fingerprint density at radius 3 is 2.74 bits per heavy atom. The van der Waals surface area contributed by atoms with E-state index >= 15 is 0 Å². The molecule has 3 amide bonds. The number of primary amides is 1. The second-order valence-corrected chi connectivity index (χ2v) is 5.77. The predicted octanol–water partition coefficient (Wildman–Crippen LogP) is -0.148. The molecule has 7 nitrogen and oxygen atoms in total. The molecule has 0 bridgehead atoms. The molecule has 19 heavy (non-hydrogen) atoms. The second-order valence-electron chi connectivity index (χ2n) is 4.36. The summed E-state index contributed by atoms with van der Waals surface area (Å²) >= 11 is 1.81. The lowest BCUT2D eigenvalue weighted by atomic mass is 10.2. The lowest BCUT2D eigenvalue weighted by molar-refractivity contribution is -0.140. The molecule has 0 radical (unpaired) electrons. The van der Waals surface area contributed by atoms with E-state index in [9.17, 15) is 14.4 Å². The first kappa shape index (κ1) is 15.6. The molecule has 1 saturated heterocycles. The first-order chi connectivity index (χ1) is 8.93. The lowest BCUT2D eigenvalue weighted by Gasteiger charge is -2.32. The van der Waals surface area contributed by atoms with Crippen molar-refractivity contribution in [2.75, 3.05) is 18.8 Å². The van der Waals surface area contributed by atoms with E-state index < -0.39 is 30.4 Å². The van der Waals surface area contributed by atoms with Crippen molar-refractivity contribution < 1.29 is 19.5 Å². The number of hydrogen-bond donors (Lipinski definition) is 3. The van der Waals surface area contributed by atoms with Crippen molar-refractivity contribution in [2.45, 2.75) is 31.1 Å². The van der Waals surface area contributed by atoms with Gasteiger partial charge in [0.15, 0.2) is 0 Å².